The van der Waals surface area contributed by atoms with Crippen LogP contribution in [0.5, 0.6) is 0 Å². The van der Waals surface area contributed by atoms with Gasteiger partial charge in [0.2, 0.25) is 0 Å². The van der Waals surface area contributed by atoms with Gasteiger partial charge >= 0.3 is 0 Å². The lowest BCUT2D eigenvalue weighted by Gasteiger charge is -1.92. The maximum absolute atomic E-state index is 9.40. The summed E-state index contributed by atoms with van der Waals surface area (Å²) >= 11 is 0. The molecule has 0 saturated heterocycles. The Morgan fingerprint density at radius 2 is 2.12 bits per heavy atom. The van der Waals surface area contributed by atoms with Crippen LogP contribution in [0, 0.1) is 0 Å². The van der Waals surface area contributed by atoms with Gasteiger partial charge in [0, 0.05) is 7.11 Å². The molecular weight excluding hydrogens is 110 g/mol. The molecule has 50 valence electrons. The van der Waals surface area contributed by atoms with Gasteiger partial charge in [-0.15, -0.1) is 0 Å². The lowest BCUT2D eigenvalue weighted by atomic mass is 10.8. The first-order valence-corrected chi connectivity index (χ1v) is 1.96. The fourth-order valence-electron chi connectivity index (χ4n) is 0.180. The summed E-state index contributed by atoms with van der Waals surface area (Å²) in [5.74, 6) is 0. The number of hydrogen-bond donors (Lipinski definition) is 1. The second kappa shape index (κ2) is 9.63. The molecule has 8 heavy (non-hydrogen) atoms. The minimum Gasteiger partial charge on any atom is -0.465 e. The summed E-state index contributed by atoms with van der Waals surface area (Å²) in [4.78, 5) is 9.40. The van der Waals surface area contributed by atoms with Crippen LogP contribution in [0.2, 0.25) is 0 Å². The van der Waals surface area contributed by atoms with Crippen molar-refractivity contribution in [1.82, 2.24) is 6.15 Å². The summed E-state index contributed by atoms with van der Waals surface area (Å²) in [6, 6.07) is 0. The largest absolute Gasteiger partial charge is 0.465 e. The predicted molar refractivity (Wildman–Crippen MR) is 28.9 cm³/mol. The summed E-state index contributed by atoms with van der Waals surface area (Å²) in [7, 11) is 1.55. The minimum absolute atomic E-state index is 0. The van der Waals surface area contributed by atoms with Gasteiger partial charge in [0.1, 0.15) is 6.61 Å². The highest BCUT2D eigenvalue weighted by molar-refractivity contribution is 5.36. The number of ether oxygens (including phenoxy) is 2. The van der Waals surface area contributed by atoms with Crippen LogP contribution >= 0.6 is 0 Å². The van der Waals surface area contributed by atoms with Crippen LogP contribution in [0.4, 0.5) is 0 Å². The third-order valence-corrected chi connectivity index (χ3v) is 0.473. The van der Waals surface area contributed by atoms with E-state index in [1.165, 1.54) is 0 Å². The SMILES string of the molecule is COCCOC=O.N. The van der Waals surface area contributed by atoms with Gasteiger partial charge in [0.15, 0.2) is 0 Å². The van der Waals surface area contributed by atoms with Crippen LogP contribution in [0.3, 0.4) is 0 Å². The molecule has 0 aliphatic rings. The molecule has 0 amide bonds. The van der Waals surface area contributed by atoms with Gasteiger partial charge in [-0.05, 0) is 0 Å². The Labute approximate surface area is 48.4 Å². The summed E-state index contributed by atoms with van der Waals surface area (Å²) in [5.41, 5.74) is 0. The summed E-state index contributed by atoms with van der Waals surface area (Å²) < 4.78 is 8.83. The van der Waals surface area contributed by atoms with Crippen molar-refractivity contribution >= 4 is 6.47 Å². The van der Waals surface area contributed by atoms with Crippen molar-refractivity contribution in [3.05, 3.63) is 0 Å². The Bertz CT molecular complexity index is 48.5. The normalized spacial score (nSPS) is 7.12. The second-order valence-corrected chi connectivity index (χ2v) is 0.960. The molecule has 0 radical (unpaired) electrons. The zero-order valence-corrected chi connectivity index (χ0v) is 4.92. The molecule has 0 fully saturated rings. The van der Waals surface area contributed by atoms with Crippen molar-refractivity contribution in [2.75, 3.05) is 20.3 Å². The third kappa shape index (κ3) is 9.04. The van der Waals surface area contributed by atoms with Gasteiger partial charge in [0.25, 0.3) is 6.47 Å². The molecule has 0 saturated carbocycles. The molecule has 0 aromatic heterocycles. The first kappa shape index (κ1) is 10.4. The molecule has 4 heteroatoms. The molecule has 0 atom stereocenters. The molecule has 0 aliphatic heterocycles. The molecule has 0 aliphatic carbocycles. The van der Waals surface area contributed by atoms with Crippen molar-refractivity contribution in [3.63, 3.8) is 0 Å². The molecule has 0 unspecified atom stereocenters. The van der Waals surface area contributed by atoms with E-state index in [4.69, 9.17) is 0 Å². The minimum atomic E-state index is 0. The lowest BCUT2D eigenvalue weighted by molar-refractivity contribution is -0.129. The zero-order valence-electron chi connectivity index (χ0n) is 4.92. The Morgan fingerprint density at radius 3 is 2.50 bits per heavy atom. The fraction of sp³-hybridized carbons (Fsp3) is 0.750. The maximum Gasteiger partial charge on any atom is 0.293 e. The van der Waals surface area contributed by atoms with Crippen LogP contribution in [-0.2, 0) is 14.3 Å². The Kier molecular flexibility index (Phi) is 12.5. The molecule has 4 nitrogen and oxygen atoms in total. The van der Waals surface area contributed by atoms with E-state index in [0.29, 0.717) is 19.7 Å². The molecule has 0 heterocycles. The molecule has 0 aromatic rings. The fourth-order valence-corrected chi connectivity index (χ4v) is 0.180. The average molecular weight is 121 g/mol. The van der Waals surface area contributed by atoms with E-state index in [1.807, 2.05) is 0 Å². The molecule has 0 bridgehead atoms. The smallest absolute Gasteiger partial charge is 0.293 e. The van der Waals surface area contributed by atoms with E-state index in [-0.39, 0.29) is 6.15 Å². The van der Waals surface area contributed by atoms with Crippen molar-refractivity contribution in [3.8, 4) is 0 Å². The topological polar surface area (TPSA) is 70.5 Å². The van der Waals surface area contributed by atoms with Gasteiger partial charge < -0.3 is 15.6 Å². The standard InChI is InChI=1S/C4H8O3.H3N/c1-6-2-3-7-4-5;/h4H,2-3H2,1H3;1H3. The van der Waals surface area contributed by atoms with Crippen LogP contribution in [-0.4, -0.2) is 26.8 Å². The highest BCUT2D eigenvalue weighted by Crippen LogP contribution is 1.66. The van der Waals surface area contributed by atoms with Gasteiger partial charge in [-0.25, -0.2) is 0 Å². The van der Waals surface area contributed by atoms with Crippen LogP contribution < -0.4 is 6.15 Å². The molecule has 0 aromatic carbocycles. The third-order valence-electron chi connectivity index (χ3n) is 0.473. The predicted octanol–water partition coefficient (Wildman–Crippen LogP) is -0.0322. The van der Waals surface area contributed by atoms with E-state index < -0.39 is 0 Å². The van der Waals surface area contributed by atoms with Crippen molar-refractivity contribution in [2.45, 2.75) is 0 Å². The van der Waals surface area contributed by atoms with Gasteiger partial charge in [-0.1, -0.05) is 0 Å². The van der Waals surface area contributed by atoms with Crippen molar-refractivity contribution in [1.29, 1.82) is 0 Å². The molecule has 3 N–H and O–H groups in total. The highest BCUT2D eigenvalue weighted by atomic mass is 16.5. The Morgan fingerprint density at radius 1 is 1.50 bits per heavy atom. The number of rotatable bonds is 4. The van der Waals surface area contributed by atoms with E-state index in [0.717, 1.165) is 0 Å². The number of carbonyl (C=O) groups excluding carboxylic acids is 1. The van der Waals surface area contributed by atoms with Gasteiger partial charge in [-0.3, -0.25) is 4.79 Å². The van der Waals surface area contributed by atoms with E-state index >= 15 is 0 Å². The quantitative estimate of drug-likeness (QED) is 0.418. The van der Waals surface area contributed by atoms with Crippen LogP contribution in [0.25, 0.3) is 0 Å². The maximum atomic E-state index is 9.40. The average Bonchev–Trinajstić information content (AvgIpc) is 1.69. The molecule has 0 spiro atoms. The van der Waals surface area contributed by atoms with Gasteiger partial charge in [-0.2, -0.15) is 0 Å². The van der Waals surface area contributed by atoms with Crippen LogP contribution in [0.15, 0.2) is 0 Å². The van der Waals surface area contributed by atoms with Crippen LogP contribution in [0.1, 0.15) is 0 Å². The lowest BCUT2D eigenvalue weighted by Crippen LogP contribution is -1.98. The van der Waals surface area contributed by atoms with Crippen molar-refractivity contribution < 1.29 is 14.3 Å². The number of methoxy groups -OCH3 is 1. The number of hydrogen-bond acceptors (Lipinski definition) is 4. The molecular formula is C4H11NO3. The number of carbonyl (C=O) groups is 1. The van der Waals surface area contributed by atoms with E-state index in [2.05, 4.69) is 9.47 Å². The van der Waals surface area contributed by atoms with Gasteiger partial charge in [0.05, 0.1) is 6.61 Å². The first-order valence-electron chi connectivity index (χ1n) is 1.96. The molecule has 0 rings (SSSR count). The summed E-state index contributed by atoms with van der Waals surface area (Å²) in [6.45, 7) is 1.22. The van der Waals surface area contributed by atoms with Crippen molar-refractivity contribution in [2.24, 2.45) is 0 Å². The second-order valence-electron chi connectivity index (χ2n) is 0.960. The van der Waals surface area contributed by atoms with E-state index in [9.17, 15) is 4.79 Å². The monoisotopic (exact) mass is 121 g/mol. The Balaban J connectivity index is 0. The Hall–Kier alpha value is -0.610. The van der Waals surface area contributed by atoms with E-state index in [1.54, 1.807) is 7.11 Å². The first-order chi connectivity index (χ1) is 3.41. The zero-order chi connectivity index (χ0) is 5.54. The summed E-state index contributed by atoms with van der Waals surface area (Å²) in [5, 5.41) is 0. The highest BCUT2D eigenvalue weighted by Gasteiger charge is 1.77. The summed E-state index contributed by atoms with van der Waals surface area (Å²) in [6.07, 6.45) is 0.